The van der Waals surface area contributed by atoms with E-state index >= 15 is 0 Å². The second kappa shape index (κ2) is 10.4. The molecule has 2 N–H and O–H groups in total. The summed E-state index contributed by atoms with van der Waals surface area (Å²) in [5.74, 6) is -0.349. The highest BCUT2D eigenvalue weighted by Crippen LogP contribution is 2.12. The molecule has 0 heterocycles. The van der Waals surface area contributed by atoms with Gasteiger partial charge >= 0.3 is 0 Å². The average Bonchev–Trinajstić information content (AvgIpc) is 2.78. The van der Waals surface area contributed by atoms with E-state index in [0.29, 0.717) is 30.0 Å². The Morgan fingerprint density at radius 1 is 0.767 bits per heavy atom. The minimum absolute atomic E-state index is 0.164. The Labute approximate surface area is 177 Å². The summed E-state index contributed by atoms with van der Waals surface area (Å²) in [6, 6.07) is 23.8. The topological polar surface area (TPSA) is 67.4 Å². The lowest BCUT2D eigenvalue weighted by molar-refractivity contribution is 0.0657. The van der Waals surface area contributed by atoms with Crippen LogP contribution in [0.4, 0.5) is 5.69 Å². The largest absolute Gasteiger partial charge is 0.374 e. The standard InChI is InChI=1S/C25H26N2O3/c1-18(2)30-17-20-10-8-19(9-11-20)16-26-24(28)22-12-14-23(15-13-22)27-25(29)21-6-4-3-5-7-21/h3-15,18H,16-17H2,1-2H3,(H,26,28)(H,27,29). The maximum Gasteiger partial charge on any atom is 0.255 e. The first kappa shape index (κ1) is 21.3. The fraction of sp³-hybridized carbons (Fsp3) is 0.200. The van der Waals surface area contributed by atoms with Crippen molar-refractivity contribution in [3.05, 3.63) is 101 Å². The molecule has 0 saturated heterocycles. The molecular formula is C25H26N2O3. The number of carbonyl (C=O) groups is 2. The van der Waals surface area contributed by atoms with Gasteiger partial charge < -0.3 is 15.4 Å². The van der Waals surface area contributed by atoms with Crippen molar-refractivity contribution in [3.63, 3.8) is 0 Å². The van der Waals surface area contributed by atoms with E-state index in [0.717, 1.165) is 11.1 Å². The number of hydrogen-bond acceptors (Lipinski definition) is 3. The second-order valence-electron chi connectivity index (χ2n) is 7.26. The lowest BCUT2D eigenvalue weighted by Gasteiger charge is -2.09. The molecule has 154 valence electrons. The molecule has 5 nitrogen and oxygen atoms in total. The molecule has 0 aromatic heterocycles. The van der Waals surface area contributed by atoms with E-state index in [-0.39, 0.29) is 17.9 Å². The Morgan fingerprint density at radius 3 is 2.00 bits per heavy atom. The first-order chi connectivity index (χ1) is 14.5. The lowest BCUT2D eigenvalue weighted by Crippen LogP contribution is -2.22. The van der Waals surface area contributed by atoms with Gasteiger partial charge in [0.15, 0.2) is 0 Å². The minimum Gasteiger partial charge on any atom is -0.374 e. The van der Waals surface area contributed by atoms with E-state index in [2.05, 4.69) is 10.6 Å². The van der Waals surface area contributed by atoms with Crippen molar-refractivity contribution in [1.82, 2.24) is 5.32 Å². The van der Waals surface area contributed by atoms with Gasteiger partial charge in [-0.05, 0) is 61.4 Å². The van der Waals surface area contributed by atoms with Crippen LogP contribution in [0.3, 0.4) is 0 Å². The molecule has 0 unspecified atom stereocenters. The normalized spacial score (nSPS) is 10.6. The molecule has 3 aromatic rings. The molecule has 0 saturated carbocycles. The molecule has 0 fully saturated rings. The molecule has 0 aliphatic heterocycles. The maximum absolute atomic E-state index is 12.4. The third-order valence-electron chi connectivity index (χ3n) is 4.50. The number of amides is 2. The zero-order valence-corrected chi connectivity index (χ0v) is 17.2. The zero-order valence-electron chi connectivity index (χ0n) is 17.2. The van der Waals surface area contributed by atoms with Crippen molar-refractivity contribution in [3.8, 4) is 0 Å². The molecule has 5 heteroatoms. The van der Waals surface area contributed by atoms with Crippen molar-refractivity contribution < 1.29 is 14.3 Å². The van der Waals surface area contributed by atoms with E-state index in [9.17, 15) is 9.59 Å². The summed E-state index contributed by atoms with van der Waals surface area (Å²) in [6.45, 7) is 5.04. The van der Waals surface area contributed by atoms with Gasteiger partial charge in [-0.25, -0.2) is 0 Å². The smallest absolute Gasteiger partial charge is 0.255 e. The number of benzene rings is 3. The third-order valence-corrected chi connectivity index (χ3v) is 4.50. The molecule has 0 aliphatic carbocycles. The van der Waals surface area contributed by atoms with Gasteiger partial charge in [-0.3, -0.25) is 9.59 Å². The highest BCUT2D eigenvalue weighted by molar-refractivity contribution is 6.04. The van der Waals surface area contributed by atoms with Crippen LogP contribution in [0, 0.1) is 0 Å². The molecule has 0 atom stereocenters. The lowest BCUT2D eigenvalue weighted by atomic mass is 10.1. The molecule has 3 aromatic carbocycles. The van der Waals surface area contributed by atoms with Gasteiger partial charge in [0.05, 0.1) is 12.7 Å². The van der Waals surface area contributed by atoms with E-state index in [1.807, 2.05) is 56.3 Å². The Balaban J connectivity index is 1.50. The van der Waals surface area contributed by atoms with Gasteiger partial charge in [0.1, 0.15) is 0 Å². The minimum atomic E-state index is -0.185. The molecule has 0 bridgehead atoms. The van der Waals surface area contributed by atoms with Crippen LogP contribution in [-0.4, -0.2) is 17.9 Å². The second-order valence-corrected chi connectivity index (χ2v) is 7.26. The zero-order chi connectivity index (χ0) is 21.3. The van der Waals surface area contributed by atoms with E-state index in [1.54, 1.807) is 36.4 Å². The summed E-state index contributed by atoms with van der Waals surface area (Å²) in [5.41, 5.74) is 3.88. The first-order valence-electron chi connectivity index (χ1n) is 9.95. The first-order valence-corrected chi connectivity index (χ1v) is 9.95. The van der Waals surface area contributed by atoms with Gasteiger partial charge in [-0.2, -0.15) is 0 Å². The highest BCUT2D eigenvalue weighted by Gasteiger charge is 2.08. The van der Waals surface area contributed by atoms with E-state index < -0.39 is 0 Å². The summed E-state index contributed by atoms with van der Waals surface area (Å²) in [4.78, 5) is 24.6. The number of hydrogen-bond donors (Lipinski definition) is 2. The Bertz CT molecular complexity index is 966. The van der Waals surface area contributed by atoms with Gasteiger partial charge in [0, 0.05) is 23.4 Å². The molecule has 0 radical (unpaired) electrons. The fourth-order valence-electron chi connectivity index (χ4n) is 2.80. The van der Waals surface area contributed by atoms with Crippen molar-refractivity contribution in [2.45, 2.75) is 33.1 Å². The predicted molar refractivity (Wildman–Crippen MR) is 118 cm³/mol. The summed E-state index contributed by atoms with van der Waals surface area (Å²) in [5, 5.41) is 5.74. The van der Waals surface area contributed by atoms with Crippen molar-refractivity contribution in [2.24, 2.45) is 0 Å². The molecule has 30 heavy (non-hydrogen) atoms. The summed E-state index contributed by atoms with van der Waals surface area (Å²) in [6.07, 6.45) is 0.196. The van der Waals surface area contributed by atoms with Crippen LogP contribution in [0.2, 0.25) is 0 Å². The molecule has 0 spiro atoms. The number of rotatable bonds is 8. The van der Waals surface area contributed by atoms with Crippen molar-refractivity contribution in [2.75, 3.05) is 5.32 Å². The number of nitrogens with one attached hydrogen (secondary N) is 2. The van der Waals surface area contributed by atoms with E-state index in [4.69, 9.17) is 4.74 Å². The predicted octanol–water partition coefficient (Wildman–Crippen LogP) is 4.79. The van der Waals surface area contributed by atoms with Gasteiger partial charge in [-0.1, -0.05) is 42.5 Å². The number of carbonyl (C=O) groups excluding carboxylic acids is 2. The quantitative estimate of drug-likeness (QED) is 0.569. The Kier molecular flexibility index (Phi) is 7.35. The van der Waals surface area contributed by atoms with Crippen LogP contribution in [-0.2, 0) is 17.9 Å². The van der Waals surface area contributed by atoms with Crippen LogP contribution in [0.25, 0.3) is 0 Å². The van der Waals surface area contributed by atoms with Crippen LogP contribution in [0.1, 0.15) is 45.7 Å². The van der Waals surface area contributed by atoms with Gasteiger partial charge in [0.2, 0.25) is 0 Å². The van der Waals surface area contributed by atoms with E-state index in [1.165, 1.54) is 0 Å². The van der Waals surface area contributed by atoms with Crippen molar-refractivity contribution in [1.29, 1.82) is 0 Å². The third kappa shape index (κ3) is 6.29. The van der Waals surface area contributed by atoms with Crippen LogP contribution in [0.5, 0.6) is 0 Å². The molecular weight excluding hydrogens is 376 g/mol. The average molecular weight is 402 g/mol. The summed E-state index contributed by atoms with van der Waals surface area (Å²) >= 11 is 0. The maximum atomic E-state index is 12.4. The highest BCUT2D eigenvalue weighted by atomic mass is 16.5. The van der Waals surface area contributed by atoms with Gasteiger partial charge in [0.25, 0.3) is 11.8 Å². The summed E-state index contributed by atoms with van der Waals surface area (Å²) in [7, 11) is 0. The number of ether oxygens (including phenoxy) is 1. The van der Waals surface area contributed by atoms with Crippen LogP contribution in [0.15, 0.2) is 78.9 Å². The van der Waals surface area contributed by atoms with Gasteiger partial charge in [-0.15, -0.1) is 0 Å². The van der Waals surface area contributed by atoms with Crippen molar-refractivity contribution >= 4 is 17.5 Å². The summed E-state index contributed by atoms with van der Waals surface area (Å²) < 4.78 is 5.59. The number of anilines is 1. The molecule has 3 rings (SSSR count). The molecule has 0 aliphatic rings. The fourth-order valence-corrected chi connectivity index (χ4v) is 2.80. The van der Waals surface area contributed by atoms with Crippen LogP contribution < -0.4 is 10.6 Å². The Morgan fingerprint density at radius 2 is 1.37 bits per heavy atom. The van der Waals surface area contributed by atoms with Crippen LogP contribution >= 0.6 is 0 Å². The molecule has 2 amide bonds. The monoisotopic (exact) mass is 402 g/mol. The SMILES string of the molecule is CC(C)OCc1ccc(CNC(=O)c2ccc(NC(=O)c3ccccc3)cc2)cc1. The Hall–Kier alpha value is -3.44.